The Morgan fingerprint density at radius 2 is 1.66 bits per heavy atom. The zero-order chi connectivity index (χ0) is 22.7. The summed E-state index contributed by atoms with van der Waals surface area (Å²) in [5.74, 6) is -0.744. The van der Waals surface area contributed by atoms with Crippen LogP contribution in [0.2, 0.25) is 5.02 Å². The SMILES string of the molecule is O=C(NC1CCN(Cc2ccc(Cl)cc2)CC1)C1CCCN1S(=O)(=O)c1ccc(F)cc1. The second kappa shape index (κ2) is 9.87. The van der Waals surface area contributed by atoms with Crippen LogP contribution in [0.5, 0.6) is 0 Å². The van der Waals surface area contributed by atoms with E-state index in [-0.39, 0.29) is 23.4 Å². The van der Waals surface area contributed by atoms with Crippen molar-refractivity contribution < 1.29 is 17.6 Å². The predicted octanol–water partition coefficient (Wildman–Crippen LogP) is 3.41. The van der Waals surface area contributed by atoms with Crippen LogP contribution in [0.4, 0.5) is 4.39 Å². The number of carbonyl (C=O) groups is 1. The van der Waals surface area contributed by atoms with Gasteiger partial charge in [-0.05, 0) is 67.6 Å². The number of likely N-dealkylation sites (tertiary alicyclic amines) is 1. The number of carbonyl (C=O) groups excluding carboxylic acids is 1. The molecule has 2 aliphatic rings. The van der Waals surface area contributed by atoms with Gasteiger partial charge in [0.05, 0.1) is 4.90 Å². The number of hydrogen-bond acceptors (Lipinski definition) is 4. The second-order valence-corrected chi connectivity index (χ2v) is 10.7. The number of halogens is 2. The van der Waals surface area contributed by atoms with E-state index in [4.69, 9.17) is 11.6 Å². The number of nitrogens with one attached hydrogen (secondary N) is 1. The molecule has 0 spiro atoms. The maximum atomic E-state index is 13.2. The van der Waals surface area contributed by atoms with Gasteiger partial charge in [-0.15, -0.1) is 0 Å². The smallest absolute Gasteiger partial charge is 0.243 e. The summed E-state index contributed by atoms with van der Waals surface area (Å²) in [7, 11) is -3.85. The Kier molecular flexibility index (Phi) is 7.14. The van der Waals surface area contributed by atoms with E-state index >= 15 is 0 Å². The minimum atomic E-state index is -3.85. The molecule has 172 valence electrons. The Labute approximate surface area is 193 Å². The largest absolute Gasteiger partial charge is 0.352 e. The van der Waals surface area contributed by atoms with Gasteiger partial charge in [-0.2, -0.15) is 4.31 Å². The van der Waals surface area contributed by atoms with Crippen LogP contribution in [0.1, 0.15) is 31.2 Å². The third-order valence-corrected chi connectivity index (χ3v) is 8.35. The monoisotopic (exact) mass is 479 g/mol. The summed E-state index contributed by atoms with van der Waals surface area (Å²) in [6.45, 7) is 2.84. The lowest BCUT2D eigenvalue weighted by Gasteiger charge is -2.33. The minimum absolute atomic E-state index is 0.00843. The van der Waals surface area contributed by atoms with Gasteiger partial charge in [0.15, 0.2) is 0 Å². The van der Waals surface area contributed by atoms with Crippen molar-refractivity contribution in [2.75, 3.05) is 19.6 Å². The van der Waals surface area contributed by atoms with Crippen molar-refractivity contribution in [1.82, 2.24) is 14.5 Å². The average Bonchev–Trinajstić information content (AvgIpc) is 3.28. The fourth-order valence-corrected chi connectivity index (χ4v) is 6.20. The molecule has 2 aromatic carbocycles. The van der Waals surface area contributed by atoms with Gasteiger partial charge in [0.1, 0.15) is 11.9 Å². The molecular weight excluding hydrogens is 453 g/mol. The van der Waals surface area contributed by atoms with Gasteiger partial charge in [0.2, 0.25) is 15.9 Å². The molecule has 1 amide bonds. The Morgan fingerprint density at radius 3 is 2.31 bits per heavy atom. The maximum absolute atomic E-state index is 13.2. The lowest BCUT2D eigenvalue weighted by Crippen LogP contribution is -2.51. The minimum Gasteiger partial charge on any atom is -0.352 e. The van der Waals surface area contributed by atoms with Crippen LogP contribution in [-0.2, 0) is 21.4 Å². The normalized spacial score (nSPS) is 21.0. The van der Waals surface area contributed by atoms with E-state index in [1.165, 1.54) is 22.0 Å². The van der Waals surface area contributed by atoms with Gasteiger partial charge in [-0.1, -0.05) is 23.7 Å². The lowest BCUT2D eigenvalue weighted by molar-refractivity contribution is -0.125. The van der Waals surface area contributed by atoms with Crippen LogP contribution in [0, 0.1) is 5.82 Å². The molecule has 2 aromatic rings. The zero-order valence-corrected chi connectivity index (χ0v) is 19.3. The van der Waals surface area contributed by atoms with Gasteiger partial charge in [-0.3, -0.25) is 9.69 Å². The number of rotatable bonds is 6. The van der Waals surface area contributed by atoms with Crippen LogP contribution in [0.25, 0.3) is 0 Å². The van der Waals surface area contributed by atoms with Crippen LogP contribution >= 0.6 is 11.6 Å². The Morgan fingerprint density at radius 1 is 1.00 bits per heavy atom. The van der Waals surface area contributed by atoms with Gasteiger partial charge in [0.25, 0.3) is 0 Å². The van der Waals surface area contributed by atoms with E-state index in [0.29, 0.717) is 12.8 Å². The van der Waals surface area contributed by atoms with Crippen molar-refractivity contribution in [3.63, 3.8) is 0 Å². The molecule has 0 saturated carbocycles. The molecule has 9 heteroatoms. The Bertz CT molecular complexity index is 1040. The molecule has 0 aromatic heterocycles. The van der Waals surface area contributed by atoms with Crippen molar-refractivity contribution in [2.45, 2.75) is 49.2 Å². The molecule has 2 heterocycles. The van der Waals surface area contributed by atoms with Gasteiger partial charge in [-0.25, -0.2) is 12.8 Å². The molecule has 4 rings (SSSR count). The molecule has 2 fully saturated rings. The first-order valence-corrected chi connectivity index (χ1v) is 12.7. The molecule has 0 aliphatic carbocycles. The summed E-state index contributed by atoms with van der Waals surface area (Å²) >= 11 is 5.95. The molecule has 0 radical (unpaired) electrons. The maximum Gasteiger partial charge on any atom is 0.243 e. The molecular formula is C23H27ClFN3O3S. The lowest BCUT2D eigenvalue weighted by atomic mass is 10.0. The first-order valence-electron chi connectivity index (χ1n) is 10.9. The summed E-state index contributed by atoms with van der Waals surface area (Å²) in [6.07, 6.45) is 2.74. The molecule has 2 saturated heterocycles. The van der Waals surface area contributed by atoms with E-state index in [2.05, 4.69) is 10.2 Å². The predicted molar refractivity (Wildman–Crippen MR) is 121 cm³/mol. The first-order chi connectivity index (χ1) is 15.3. The highest BCUT2D eigenvalue weighted by atomic mass is 35.5. The van der Waals surface area contributed by atoms with E-state index in [0.717, 1.165) is 49.6 Å². The van der Waals surface area contributed by atoms with Crippen molar-refractivity contribution in [3.05, 3.63) is 64.9 Å². The third-order valence-electron chi connectivity index (χ3n) is 6.18. The van der Waals surface area contributed by atoms with Gasteiger partial charge in [0, 0.05) is 37.2 Å². The summed E-state index contributed by atoms with van der Waals surface area (Å²) < 4.78 is 40.5. The number of nitrogens with zero attached hydrogens (tertiary/aromatic N) is 2. The zero-order valence-electron chi connectivity index (χ0n) is 17.7. The first kappa shape index (κ1) is 23.2. The molecule has 2 aliphatic heterocycles. The van der Waals surface area contributed by atoms with E-state index in [1.54, 1.807) is 0 Å². The number of amides is 1. The van der Waals surface area contributed by atoms with E-state index in [1.807, 2.05) is 24.3 Å². The summed E-state index contributed by atoms with van der Waals surface area (Å²) in [5.41, 5.74) is 1.20. The number of benzene rings is 2. The summed E-state index contributed by atoms with van der Waals surface area (Å²) in [6, 6.07) is 11.8. The third kappa shape index (κ3) is 5.31. The number of piperidine rings is 1. The van der Waals surface area contributed by atoms with E-state index in [9.17, 15) is 17.6 Å². The highest BCUT2D eigenvalue weighted by molar-refractivity contribution is 7.89. The second-order valence-electron chi connectivity index (χ2n) is 8.41. The number of sulfonamides is 1. The quantitative estimate of drug-likeness (QED) is 0.689. The fourth-order valence-electron chi connectivity index (χ4n) is 4.41. The van der Waals surface area contributed by atoms with Gasteiger partial charge >= 0.3 is 0 Å². The molecule has 32 heavy (non-hydrogen) atoms. The van der Waals surface area contributed by atoms with Gasteiger partial charge < -0.3 is 5.32 Å². The van der Waals surface area contributed by atoms with Crippen molar-refractivity contribution in [3.8, 4) is 0 Å². The standard InChI is InChI=1S/C23H27ClFN3O3S/c24-18-5-3-17(4-6-18)16-27-14-11-20(12-15-27)26-23(29)22-2-1-13-28(22)32(30,31)21-9-7-19(25)8-10-21/h3-10,20,22H,1-2,11-16H2,(H,26,29). The molecule has 0 bridgehead atoms. The highest BCUT2D eigenvalue weighted by Crippen LogP contribution is 2.27. The van der Waals surface area contributed by atoms with Crippen LogP contribution in [0.3, 0.4) is 0 Å². The van der Waals surface area contributed by atoms with Crippen molar-refractivity contribution >= 4 is 27.5 Å². The Balaban J connectivity index is 1.32. The van der Waals surface area contributed by atoms with E-state index < -0.39 is 21.9 Å². The molecule has 1 N–H and O–H groups in total. The molecule has 6 nitrogen and oxygen atoms in total. The topological polar surface area (TPSA) is 69.7 Å². The van der Waals surface area contributed by atoms with Crippen LogP contribution in [0.15, 0.2) is 53.4 Å². The highest BCUT2D eigenvalue weighted by Gasteiger charge is 2.40. The molecule has 1 atom stereocenters. The average molecular weight is 480 g/mol. The number of hydrogen-bond donors (Lipinski definition) is 1. The summed E-state index contributed by atoms with van der Waals surface area (Å²) in [5, 5.41) is 3.79. The Hall–Kier alpha value is -2.00. The van der Waals surface area contributed by atoms with Crippen molar-refractivity contribution in [2.24, 2.45) is 0 Å². The van der Waals surface area contributed by atoms with Crippen molar-refractivity contribution in [1.29, 1.82) is 0 Å². The van der Waals surface area contributed by atoms with Crippen LogP contribution < -0.4 is 5.32 Å². The van der Waals surface area contributed by atoms with Crippen LogP contribution in [-0.4, -0.2) is 55.2 Å². The fraction of sp³-hybridized carbons (Fsp3) is 0.435. The molecule has 1 unspecified atom stereocenters. The summed E-state index contributed by atoms with van der Waals surface area (Å²) in [4.78, 5) is 15.3.